The quantitative estimate of drug-likeness (QED) is 0.730. The van der Waals surface area contributed by atoms with Crippen molar-refractivity contribution in [1.29, 1.82) is 0 Å². The van der Waals surface area contributed by atoms with Gasteiger partial charge in [0.15, 0.2) is 0 Å². The van der Waals surface area contributed by atoms with Crippen molar-refractivity contribution in [2.24, 2.45) is 5.73 Å². The van der Waals surface area contributed by atoms with E-state index in [1.54, 1.807) is 0 Å². The van der Waals surface area contributed by atoms with Gasteiger partial charge in [-0.05, 0) is 36.5 Å². The third kappa shape index (κ3) is 2.60. The van der Waals surface area contributed by atoms with E-state index in [0.29, 0.717) is 5.56 Å². The summed E-state index contributed by atoms with van der Waals surface area (Å²) in [7, 11) is 1.39. The van der Waals surface area contributed by atoms with Crippen LogP contribution in [0.5, 0.6) is 5.75 Å². The molecule has 0 amide bonds. The molecule has 0 saturated carbocycles. The average Bonchev–Trinajstić information content (AvgIpc) is 2.29. The van der Waals surface area contributed by atoms with E-state index in [0.717, 1.165) is 6.08 Å². The molecule has 0 saturated heterocycles. The first-order valence-corrected chi connectivity index (χ1v) is 4.21. The maximum atomic E-state index is 7.84. The van der Waals surface area contributed by atoms with Crippen LogP contribution in [0, 0.1) is 0 Å². The molecule has 14 heavy (non-hydrogen) atoms. The summed E-state index contributed by atoms with van der Waals surface area (Å²) in [5, 5.41) is 0. The number of methoxy groups -OCH3 is 1. The maximum Gasteiger partial charge on any atom is 0.122 e. The lowest BCUT2D eigenvalue weighted by Crippen LogP contribution is -2.03. The molecular weight excluding hydrogens is 174 g/mol. The summed E-state index contributed by atoms with van der Waals surface area (Å²) in [5.41, 5.74) is 5.86. The van der Waals surface area contributed by atoms with Crippen molar-refractivity contribution in [1.82, 2.24) is 0 Å². The largest absolute Gasteiger partial charge is 0.496 e. The van der Waals surface area contributed by atoms with Crippen LogP contribution in [0.2, 0.25) is 0 Å². The summed E-state index contributed by atoms with van der Waals surface area (Å²) >= 11 is 0. The molecule has 0 aromatic heterocycles. The van der Waals surface area contributed by atoms with E-state index in [2.05, 4.69) is 6.58 Å². The Morgan fingerprint density at radius 1 is 1.79 bits per heavy atom. The van der Waals surface area contributed by atoms with Gasteiger partial charge in [0.1, 0.15) is 5.75 Å². The van der Waals surface area contributed by atoms with E-state index in [9.17, 15) is 0 Å². The molecule has 76 valence electrons. The Bertz CT molecular complexity index is 482. The van der Waals surface area contributed by atoms with Crippen LogP contribution in [0.4, 0.5) is 0 Å². The smallest absolute Gasteiger partial charge is 0.122 e. The Balaban J connectivity index is 3.33. The van der Waals surface area contributed by atoms with Gasteiger partial charge in [-0.2, -0.15) is 0 Å². The monoisotopic (exact) mass is 196 g/mol. The number of nitrogens with two attached hydrogens (primary N) is 1. The standard InChI is InChI=1S/C12H17NO/c1-3-4-11-6-5-10(7-8-13)9-12(11)14-2/h3,5-6,9H,1,4,7-8,13H2,2H3/i4D2,5D,8D2. The van der Waals surface area contributed by atoms with Gasteiger partial charge in [-0.25, -0.2) is 0 Å². The summed E-state index contributed by atoms with van der Waals surface area (Å²) in [6.45, 7) is 1.49. The second kappa shape index (κ2) is 5.45. The summed E-state index contributed by atoms with van der Waals surface area (Å²) in [4.78, 5) is 0. The molecule has 0 aliphatic rings. The van der Waals surface area contributed by atoms with Gasteiger partial charge in [-0.1, -0.05) is 18.2 Å². The molecule has 2 nitrogen and oxygen atoms in total. The van der Waals surface area contributed by atoms with Crippen molar-refractivity contribution >= 4 is 0 Å². The first-order valence-electron chi connectivity index (χ1n) is 6.71. The van der Waals surface area contributed by atoms with Crippen LogP contribution in [0.1, 0.15) is 18.0 Å². The predicted molar refractivity (Wildman–Crippen MR) is 59.7 cm³/mol. The highest BCUT2D eigenvalue weighted by Crippen LogP contribution is 2.21. The molecule has 0 spiro atoms. The van der Waals surface area contributed by atoms with E-state index < -0.39 is 12.9 Å². The lowest BCUT2D eigenvalue weighted by Gasteiger charge is -2.08. The second-order valence-corrected chi connectivity index (χ2v) is 2.67. The zero-order valence-corrected chi connectivity index (χ0v) is 8.13. The number of rotatable bonds is 5. The van der Waals surface area contributed by atoms with E-state index in [1.807, 2.05) is 0 Å². The van der Waals surface area contributed by atoms with Crippen LogP contribution in [-0.2, 0) is 12.8 Å². The topological polar surface area (TPSA) is 35.2 Å². The fraction of sp³-hybridized carbons (Fsp3) is 0.333. The van der Waals surface area contributed by atoms with Crippen LogP contribution in [-0.4, -0.2) is 13.6 Å². The maximum absolute atomic E-state index is 7.84. The Labute approximate surface area is 92.4 Å². The van der Waals surface area contributed by atoms with Crippen molar-refractivity contribution in [3.8, 4) is 5.75 Å². The van der Waals surface area contributed by atoms with Crippen molar-refractivity contribution in [3.05, 3.63) is 42.0 Å². The van der Waals surface area contributed by atoms with Crippen LogP contribution in [0.15, 0.2) is 30.8 Å². The Morgan fingerprint density at radius 2 is 2.57 bits per heavy atom. The first-order chi connectivity index (χ1) is 8.60. The van der Waals surface area contributed by atoms with Gasteiger partial charge in [0.2, 0.25) is 0 Å². The highest BCUT2D eigenvalue weighted by atomic mass is 16.5. The molecule has 1 aromatic carbocycles. The molecule has 0 atom stereocenters. The number of hydrogen-bond donors (Lipinski definition) is 1. The van der Waals surface area contributed by atoms with Crippen molar-refractivity contribution < 1.29 is 11.6 Å². The van der Waals surface area contributed by atoms with Crippen molar-refractivity contribution in [2.75, 3.05) is 13.6 Å². The zero-order valence-electron chi connectivity index (χ0n) is 13.1. The Kier molecular flexibility index (Phi) is 2.17. The van der Waals surface area contributed by atoms with E-state index in [-0.39, 0.29) is 23.8 Å². The number of hydrogen-bond acceptors (Lipinski definition) is 2. The highest BCUT2D eigenvalue weighted by molar-refractivity contribution is 5.38. The van der Waals surface area contributed by atoms with Gasteiger partial charge in [-0.15, -0.1) is 6.58 Å². The van der Waals surface area contributed by atoms with Gasteiger partial charge in [-0.3, -0.25) is 0 Å². The highest BCUT2D eigenvalue weighted by Gasteiger charge is 2.02. The average molecular weight is 196 g/mol. The van der Waals surface area contributed by atoms with Gasteiger partial charge in [0.05, 0.1) is 8.48 Å². The molecule has 0 radical (unpaired) electrons. The van der Waals surface area contributed by atoms with Crippen LogP contribution >= 0.6 is 0 Å². The number of benzene rings is 1. The fourth-order valence-electron chi connectivity index (χ4n) is 1.12. The third-order valence-electron chi connectivity index (χ3n) is 1.74. The fourth-order valence-corrected chi connectivity index (χ4v) is 1.12. The minimum Gasteiger partial charge on any atom is -0.496 e. The zero-order chi connectivity index (χ0) is 14.8. The molecule has 0 fully saturated rings. The molecule has 0 unspecified atom stereocenters. The van der Waals surface area contributed by atoms with Crippen LogP contribution < -0.4 is 10.5 Å². The Morgan fingerprint density at radius 3 is 3.14 bits per heavy atom. The van der Waals surface area contributed by atoms with Crippen molar-refractivity contribution in [3.63, 3.8) is 0 Å². The molecule has 0 bridgehead atoms. The first kappa shape index (κ1) is 5.56. The predicted octanol–water partition coefficient (Wildman–Crippen LogP) is 1.92. The summed E-state index contributed by atoms with van der Waals surface area (Å²) < 4.78 is 43.2. The van der Waals surface area contributed by atoms with Crippen LogP contribution in [0.25, 0.3) is 0 Å². The summed E-state index contributed by atoms with van der Waals surface area (Å²) in [6.07, 6.45) is -0.826. The number of ether oxygens (including phenoxy) is 1. The molecule has 0 aliphatic heterocycles. The third-order valence-corrected chi connectivity index (χ3v) is 1.74. The SMILES string of the molecule is [2H]c1cc(C([2H])([2H])C=C)c(OC)cc1CC([2H])([2H])N. The lowest BCUT2D eigenvalue weighted by molar-refractivity contribution is 0.410. The van der Waals surface area contributed by atoms with Gasteiger partial charge in [0.25, 0.3) is 0 Å². The molecule has 1 aromatic rings. The van der Waals surface area contributed by atoms with E-state index in [4.69, 9.17) is 17.3 Å². The Hall–Kier alpha value is -1.28. The molecular formula is C12H17NO. The number of aryl methyl sites for hydroxylation is 1. The molecule has 0 heterocycles. The van der Waals surface area contributed by atoms with E-state index >= 15 is 0 Å². The van der Waals surface area contributed by atoms with Gasteiger partial charge >= 0.3 is 0 Å². The van der Waals surface area contributed by atoms with Gasteiger partial charge in [0, 0.05) is 5.48 Å². The summed E-state index contributed by atoms with van der Waals surface area (Å²) in [6, 6.07) is 2.79. The van der Waals surface area contributed by atoms with E-state index in [1.165, 1.54) is 19.2 Å². The van der Waals surface area contributed by atoms with Crippen LogP contribution in [0.3, 0.4) is 0 Å². The second-order valence-electron chi connectivity index (χ2n) is 2.67. The molecule has 1 rings (SSSR count). The minimum absolute atomic E-state index is 0.0239. The van der Waals surface area contributed by atoms with Crippen molar-refractivity contribution in [2.45, 2.75) is 12.8 Å². The molecule has 2 N–H and O–H groups in total. The lowest BCUT2D eigenvalue weighted by atomic mass is 10.1. The molecule has 2 heteroatoms. The minimum atomic E-state index is -1.93. The number of allylic oxidation sites excluding steroid dienone is 1. The van der Waals surface area contributed by atoms with Gasteiger partial charge < -0.3 is 10.5 Å². The summed E-state index contributed by atoms with van der Waals surface area (Å²) in [5.74, 6) is 0.250. The molecule has 0 aliphatic carbocycles. The normalized spacial score (nSPS) is 17.1.